The van der Waals surface area contributed by atoms with Gasteiger partial charge in [-0.15, -0.1) is 0 Å². The molecule has 4 rings (SSSR count). The highest BCUT2D eigenvalue weighted by atomic mass is 35.5. The summed E-state index contributed by atoms with van der Waals surface area (Å²) in [6.45, 7) is 8.50. The summed E-state index contributed by atoms with van der Waals surface area (Å²) in [7, 11) is 1.52. The zero-order valence-corrected chi connectivity index (χ0v) is 24.2. The first-order chi connectivity index (χ1) is 18.5. The van der Waals surface area contributed by atoms with Crippen LogP contribution in [0.5, 0.6) is 11.5 Å². The Bertz CT molecular complexity index is 1310. The van der Waals surface area contributed by atoms with Crippen LogP contribution in [-0.4, -0.2) is 60.8 Å². The number of nitrogens with zero attached hydrogens (tertiary/aromatic N) is 1. The predicted molar refractivity (Wildman–Crippen MR) is 154 cm³/mol. The number of benzene rings is 2. The second-order valence-corrected chi connectivity index (χ2v) is 10.6. The van der Waals surface area contributed by atoms with Crippen molar-refractivity contribution in [2.75, 3.05) is 32.1 Å². The summed E-state index contributed by atoms with van der Waals surface area (Å²) in [5, 5.41) is 10.1. The molecule has 0 spiro atoms. The summed E-state index contributed by atoms with van der Waals surface area (Å²) in [6, 6.07) is 10.1. The first kappa shape index (κ1) is 28.7. The predicted octanol–water partition coefficient (Wildman–Crippen LogP) is 4.10. The Morgan fingerprint density at radius 3 is 2.51 bits per heavy atom. The monoisotopic (exact) mass is 572 g/mol. The average Bonchev–Trinajstić information content (AvgIpc) is 2.88. The van der Waals surface area contributed by atoms with Gasteiger partial charge in [0, 0.05) is 29.5 Å². The smallest absolute Gasteiger partial charge is 0.260 e. The molecule has 0 aromatic heterocycles. The molecule has 2 heterocycles. The maximum absolute atomic E-state index is 13.4. The summed E-state index contributed by atoms with van der Waals surface area (Å²) in [6.07, 6.45) is -0.0537. The van der Waals surface area contributed by atoms with E-state index in [1.807, 2.05) is 32.9 Å². The van der Waals surface area contributed by atoms with Crippen molar-refractivity contribution in [1.82, 2.24) is 15.5 Å². The molecular weight excluding hydrogens is 540 g/mol. The topological polar surface area (TPSA) is 101 Å². The molecule has 2 aromatic rings. The van der Waals surface area contributed by atoms with Crippen LogP contribution in [0.2, 0.25) is 5.02 Å². The standard InChI is InChI=1S/C28H33ClN4O5S/c1-15-6-8-20(11-21(15)29)31-27(35)25-18(4)30-28(39)32-26(25)19-7-9-22(23(10-19)36-5)37-14-24(34)33-12-16(2)38-17(3)13-33/h6-11,16-17,26H,12-14H2,1-5H3,(H,31,35)(H2,30,32,39)/t16-,17+,26-/m0/s1. The van der Waals surface area contributed by atoms with Gasteiger partial charge in [0.25, 0.3) is 11.8 Å². The van der Waals surface area contributed by atoms with E-state index in [1.54, 1.807) is 36.1 Å². The number of halogens is 1. The highest BCUT2D eigenvalue weighted by molar-refractivity contribution is 7.80. The molecule has 3 N–H and O–H groups in total. The van der Waals surface area contributed by atoms with Crippen LogP contribution < -0.4 is 25.4 Å². The zero-order chi connectivity index (χ0) is 28.3. The molecule has 2 aliphatic heterocycles. The van der Waals surface area contributed by atoms with E-state index >= 15 is 0 Å². The van der Waals surface area contributed by atoms with Crippen molar-refractivity contribution < 1.29 is 23.8 Å². The number of hydrogen-bond acceptors (Lipinski definition) is 6. The molecule has 1 fully saturated rings. The number of nitrogens with one attached hydrogen (secondary N) is 3. The molecule has 11 heteroatoms. The minimum absolute atomic E-state index is 0.0269. The van der Waals surface area contributed by atoms with Gasteiger partial charge in [0.15, 0.2) is 23.2 Å². The van der Waals surface area contributed by atoms with Crippen LogP contribution in [0.3, 0.4) is 0 Å². The number of methoxy groups -OCH3 is 1. The summed E-state index contributed by atoms with van der Waals surface area (Å²) in [5.41, 5.74) is 3.31. The van der Waals surface area contributed by atoms with Gasteiger partial charge in [-0.1, -0.05) is 23.7 Å². The van der Waals surface area contributed by atoms with Crippen LogP contribution in [0.1, 0.15) is 37.9 Å². The van der Waals surface area contributed by atoms with Crippen molar-refractivity contribution in [3.8, 4) is 11.5 Å². The fourth-order valence-corrected chi connectivity index (χ4v) is 5.16. The van der Waals surface area contributed by atoms with E-state index in [4.69, 9.17) is 38.0 Å². The van der Waals surface area contributed by atoms with Crippen molar-refractivity contribution in [3.63, 3.8) is 0 Å². The van der Waals surface area contributed by atoms with Crippen LogP contribution in [0.15, 0.2) is 47.7 Å². The molecule has 208 valence electrons. The molecule has 0 saturated carbocycles. The normalized spacial score (nSPS) is 21.1. The van der Waals surface area contributed by atoms with Crippen LogP contribution >= 0.6 is 23.8 Å². The molecule has 2 amide bonds. The molecule has 9 nitrogen and oxygen atoms in total. The van der Waals surface area contributed by atoms with Gasteiger partial charge in [-0.3, -0.25) is 9.59 Å². The molecule has 2 aromatic carbocycles. The first-order valence-corrected chi connectivity index (χ1v) is 13.4. The molecule has 2 aliphatic rings. The second kappa shape index (κ2) is 12.2. The minimum atomic E-state index is -0.555. The lowest BCUT2D eigenvalue weighted by Gasteiger charge is -2.35. The van der Waals surface area contributed by atoms with E-state index in [2.05, 4.69) is 16.0 Å². The van der Waals surface area contributed by atoms with Gasteiger partial charge in [-0.25, -0.2) is 0 Å². The lowest BCUT2D eigenvalue weighted by Crippen LogP contribution is -2.49. The maximum Gasteiger partial charge on any atom is 0.260 e. The Morgan fingerprint density at radius 1 is 1.13 bits per heavy atom. The number of carbonyl (C=O) groups excluding carboxylic acids is 2. The van der Waals surface area contributed by atoms with Crippen molar-refractivity contribution in [2.45, 2.75) is 45.9 Å². The summed E-state index contributed by atoms with van der Waals surface area (Å²) < 4.78 is 17.1. The Morgan fingerprint density at radius 2 is 1.85 bits per heavy atom. The third kappa shape index (κ3) is 6.81. The Hall–Kier alpha value is -3.34. The van der Waals surface area contributed by atoms with Crippen LogP contribution in [0, 0.1) is 6.92 Å². The van der Waals surface area contributed by atoms with Crippen molar-refractivity contribution >= 4 is 46.4 Å². The molecular formula is C28H33ClN4O5S. The van der Waals surface area contributed by atoms with E-state index < -0.39 is 6.04 Å². The number of carbonyl (C=O) groups is 2. The number of aryl methyl sites for hydroxylation is 1. The van der Waals surface area contributed by atoms with E-state index in [-0.39, 0.29) is 30.6 Å². The number of ether oxygens (including phenoxy) is 3. The lowest BCUT2D eigenvalue weighted by atomic mass is 9.94. The Balaban J connectivity index is 1.53. The fraction of sp³-hybridized carbons (Fsp3) is 0.393. The number of anilines is 1. The Kier molecular flexibility index (Phi) is 8.99. The lowest BCUT2D eigenvalue weighted by molar-refractivity contribution is -0.145. The first-order valence-electron chi connectivity index (χ1n) is 12.7. The molecule has 3 atom stereocenters. The molecule has 0 bridgehead atoms. The highest BCUT2D eigenvalue weighted by Gasteiger charge is 2.31. The molecule has 0 aliphatic carbocycles. The van der Waals surface area contributed by atoms with Crippen LogP contribution in [-0.2, 0) is 14.3 Å². The van der Waals surface area contributed by atoms with Gasteiger partial charge in [0.1, 0.15) is 0 Å². The molecule has 39 heavy (non-hydrogen) atoms. The number of rotatable bonds is 7. The van der Waals surface area contributed by atoms with Gasteiger partial charge in [0.2, 0.25) is 0 Å². The van der Waals surface area contributed by atoms with Crippen LogP contribution in [0.25, 0.3) is 0 Å². The van der Waals surface area contributed by atoms with E-state index in [0.29, 0.717) is 51.7 Å². The number of morpholine rings is 1. The molecule has 0 radical (unpaired) electrons. The van der Waals surface area contributed by atoms with Gasteiger partial charge in [-0.05, 0) is 75.3 Å². The van der Waals surface area contributed by atoms with Crippen molar-refractivity contribution in [1.29, 1.82) is 0 Å². The van der Waals surface area contributed by atoms with Gasteiger partial charge < -0.3 is 35.1 Å². The molecule has 1 saturated heterocycles. The fourth-order valence-electron chi connectivity index (χ4n) is 4.71. The largest absolute Gasteiger partial charge is 0.493 e. The Labute approximate surface area is 238 Å². The van der Waals surface area contributed by atoms with Gasteiger partial charge in [0.05, 0.1) is 30.9 Å². The second-order valence-electron chi connectivity index (χ2n) is 9.74. The van der Waals surface area contributed by atoms with Crippen molar-refractivity contribution in [3.05, 3.63) is 63.8 Å². The third-order valence-electron chi connectivity index (χ3n) is 6.59. The summed E-state index contributed by atoms with van der Waals surface area (Å²) in [4.78, 5) is 27.9. The molecule has 0 unspecified atom stereocenters. The summed E-state index contributed by atoms with van der Waals surface area (Å²) >= 11 is 11.6. The van der Waals surface area contributed by atoms with E-state index in [9.17, 15) is 9.59 Å². The SMILES string of the molecule is COc1cc([C@@H]2NC(=S)NC(C)=C2C(=O)Nc2ccc(C)c(Cl)c2)ccc1OCC(=O)N1C[C@@H](C)O[C@@H](C)C1. The summed E-state index contributed by atoms with van der Waals surface area (Å²) in [5.74, 6) is 0.417. The number of hydrogen-bond donors (Lipinski definition) is 3. The minimum Gasteiger partial charge on any atom is -0.493 e. The van der Waals surface area contributed by atoms with Gasteiger partial charge in [-0.2, -0.15) is 0 Å². The van der Waals surface area contributed by atoms with Gasteiger partial charge >= 0.3 is 0 Å². The third-order valence-corrected chi connectivity index (χ3v) is 7.22. The number of allylic oxidation sites excluding steroid dienone is 1. The van der Waals surface area contributed by atoms with Crippen molar-refractivity contribution in [2.24, 2.45) is 0 Å². The number of thiocarbonyl (C=S) groups is 1. The highest BCUT2D eigenvalue weighted by Crippen LogP contribution is 2.35. The maximum atomic E-state index is 13.4. The van der Waals surface area contributed by atoms with E-state index in [1.165, 1.54) is 7.11 Å². The van der Waals surface area contributed by atoms with E-state index in [0.717, 1.165) is 11.1 Å². The van der Waals surface area contributed by atoms with Crippen LogP contribution in [0.4, 0.5) is 5.69 Å². The average molecular weight is 573 g/mol. The zero-order valence-electron chi connectivity index (χ0n) is 22.6. The number of amides is 2. The quantitative estimate of drug-likeness (QED) is 0.426.